The van der Waals surface area contributed by atoms with Crippen LogP contribution in [-0.2, 0) is 11.2 Å². The van der Waals surface area contributed by atoms with E-state index in [1.807, 2.05) is 30.0 Å². The Kier molecular flexibility index (Phi) is 3.48. The van der Waals surface area contributed by atoms with Crippen LogP contribution in [0, 0.1) is 0 Å². The van der Waals surface area contributed by atoms with Crippen LogP contribution in [0.15, 0.2) is 35.7 Å². The van der Waals surface area contributed by atoms with Crippen LogP contribution in [0.2, 0.25) is 0 Å². The molecule has 0 bridgehead atoms. The number of hydrogen-bond acceptors (Lipinski definition) is 4. The Morgan fingerprint density at radius 2 is 2.30 bits per heavy atom. The molecule has 0 radical (unpaired) electrons. The topological polar surface area (TPSA) is 61.9 Å². The first kappa shape index (κ1) is 13.2. The minimum atomic E-state index is -0.198. The lowest BCUT2D eigenvalue weighted by Gasteiger charge is -2.25. The SMILES string of the molecule is C[C@@H](Sc1ncn[nH]1)C(=O)N1c2ccccc2C[C@@H]1C. The molecule has 1 aliphatic heterocycles. The molecule has 0 aliphatic carbocycles. The van der Waals surface area contributed by atoms with Crippen molar-refractivity contribution in [2.75, 3.05) is 4.90 Å². The molecule has 1 aromatic heterocycles. The number of benzene rings is 1. The van der Waals surface area contributed by atoms with Crippen molar-refractivity contribution in [1.82, 2.24) is 15.2 Å². The van der Waals surface area contributed by atoms with E-state index in [1.165, 1.54) is 23.7 Å². The molecule has 2 aromatic rings. The molecule has 1 aliphatic rings. The van der Waals surface area contributed by atoms with Crippen LogP contribution in [0.1, 0.15) is 19.4 Å². The summed E-state index contributed by atoms with van der Waals surface area (Å²) in [5.41, 5.74) is 2.28. The van der Waals surface area contributed by atoms with Gasteiger partial charge < -0.3 is 4.90 Å². The minimum absolute atomic E-state index is 0.115. The number of aromatic amines is 1. The average Bonchev–Trinajstić information content (AvgIpc) is 3.04. The Bertz CT molecular complexity index is 613. The summed E-state index contributed by atoms with van der Waals surface area (Å²) in [7, 11) is 0. The monoisotopic (exact) mass is 288 g/mol. The third kappa shape index (κ3) is 2.31. The number of aromatic nitrogens is 3. The number of carbonyl (C=O) groups is 1. The fourth-order valence-corrected chi connectivity index (χ4v) is 3.33. The summed E-state index contributed by atoms with van der Waals surface area (Å²) in [6.45, 7) is 3.99. The van der Waals surface area contributed by atoms with Gasteiger partial charge in [0.2, 0.25) is 5.91 Å². The first-order valence-corrected chi connectivity index (χ1v) is 7.48. The van der Waals surface area contributed by atoms with Crippen LogP contribution in [0.3, 0.4) is 0 Å². The van der Waals surface area contributed by atoms with Crippen LogP contribution >= 0.6 is 11.8 Å². The number of carbonyl (C=O) groups excluding carboxylic acids is 1. The van der Waals surface area contributed by atoms with Gasteiger partial charge in [0.05, 0.1) is 5.25 Å². The third-order valence-corrected chi connectivity index (χ3v) is 4.45. The van der Waals surface area contributed by atoms with E-state index in [4.69, 9.17) is 0 Å². The van der Waals surface area contributed by atoms with E-state index in [1.54, 1.807) is 0 Å². The van der Waals surface area contributed by atoms with Crippen molar-refractivity contribution in [3.8, 4) is 0 Å². The summed E-state index contributed by atoms with van der Waals surface area (Å²) in [4.78, 5) is 18.6. The zero-order valence-electron chi connectivity index (χ0n) is 11.4. The number of thioether (sulfide) groups is 1. The Balaban J connectivity index is 1.80. The molecule has 0 spiro atoms. The third-order valence-electron chi connectivity index (χ3n) is 3.47. The van der Waals surface area contributed by atoms with E-state index in [-0.39, 0.29) is 17.2 Å². The smallest absolute Gasteiger partial charge is 0.240 e. The Morgan fingerprint density at radius 1 is 1.50 bits per heavy atom. The molecule has 5 nitrogen and oxygen atoms in total. The molecule has 20 heavy (non-hydrogen) atoms. The zero-order valence-corrected chi connectivity index (χ0v) is 12.2. The second-order valence-electron chi connectivity index (χ2n) is 4.94. The lowest BCUT2D eigenvalue weighted by Crippen LogP contribution is -2.40. The molecule has 0 fully saturated rings. The number of anilines is 1. The number of para-hydroxylation sites is 1. The fourth-order valence-electron chi connectivity index (χ4n) is 2.57. The second-order valence-corrected chi connectivity index (χ2v) is 6.27. The quantitative estimate of drug-likeness (QED) is 0.880. The van der Waals surface area contributed by atoms with Crippen LogP contribution in [0.4, 0.5) is 5.69 Å². The van der Waals surface area contributed by atoms with Crippen molar-refractivity contribution in [1.29, 1.82) is 0 Å². The highest BCUT2D eigenvalue weighted by Gasteiger charge is 2.33. The van der Waals surface area contributed by atoms with Crippen LogP contribution < -0.4 is 4.90 Å². The summed E-state index contributed by atoms with van der Waals surface area (Å²) >= 11 is 1.40. The molecular weight excluding hydrogens is 272 g/mol. The molecule has 0 saturated heterocycles. The van der Waals surface area contributed by atoms with Crippen LogP contribution in [0.25, 0.3) is 0 Å². The van der Waals surface area contributed by atoms with Gasteiger partial charge in [-0.05, 0) is 31.9 Å². The van der Waals surface area contributed by atoms with Gasteiger partial charge in [0.15, 0.2) is 5.16 Å². The van der Waals surface area contributed by atoms with E-state index in [0.717, 1.165) is 12.1 Å². The Labute approximate surface area is 121 Å². The fraction of sp³-hybridized carbons (Fsp3) is 0.357. The summed E-state index contributed by atoms with van der Waals surface area (Å²) in [5, 5.41) is 7.05. The van der Waals surface area contributed by atoms with E-state index in [0.29, 0.717) is 5.16 Å². The number of nitrogens with one attached hydrogen (secondary N) is 1. The molecule has 1 aromatic carbocycles. The van der Waals surface area contributed by atoms with Crippen molar-refractivity contribution in [2.24, 2.45) is 0 Å². The van der Waals surface area contributed by atoms with Crippen molar-refractivity contribution in [3.05, 3.63) is 36.2 Å². The molecule has 0 saturated carbocycles. The standard InChI is InChI=1S/C14H16N4OS/c1-9-7-11-5-3-4-6-12(11)18(9)13(19)10(2)20-14-15-8-16-17-14/h3-6,8-10H,7H2,1-2H3,(H,15,16,17)/t9-,10+/m0/s1. The highest BCUT2D eigenvalue weighted by Crippen LogP contribution is 2.34. The number of rotatable bonds is 3. The zero-order chi connectivity index (χ0) is 14.1. The minimum Gasteiger partial charge on any atom is -0.308 e. The highest BCUT2D eigenvalue weighted by atomic mass is 32.2. The number of nitrogens with zero attached hydrogens (tertiary/aromatic N) is 3. The van der Waals surface area contributed by atoms with E-state index >= 15 is 0 Å². The first-order valence-electron chi connectivity index (χ1n) is 6.60. The van der Waals surface area contributed by atoms with Crippen molar-refractivity contribution in [3.63, 3.8) is 0 Å². The molecular formula is C14H16N4OS. The van der Waals surface area contributed by atoms with Gasteiger partial charge in [-0.3, -0.25) is 9.89 Å². The lowest BCUT2D eigenvalue weighted by atomic mass is 10.1. The maximum absolute atomic E-state index is 12.7. The number of amides is 1. The van der Waals surface area contributed by atoms with Gasteiger partial charge in [-0.15, -0.1) is 0 Å². The van der Waals surface area contributed by atoms with Crippen LogP contribution in [-0.4, -0.2) is 32.4 Å². The van der Waals surface area contributed by atoms with Gasteiger partial charge >= 0.3 is 0 Å². The Hall–Kier alpha value is -1.82. The predicted molar refractivity (Wildman–Crippen MR) is 78.8 cm³/mol. The summed E-state index contributed by atoms with van der Waals surface area (Å²) in [6.07, 6.45) is 2.37. The average molecular weight is 288 g/mol. The summed E-state index contributed by atoms with van der Waals surface area (Å²) in [6, 6.07) is 8.31. The summed E-state index contributed by atoms with van der Waals surface area (Å²) in [5.74, 6) is 0.115. The molecule has 2 heterocycles. The van der Waals surface area contributed by atoms with E-state index < -0.39 is 0 Å². The maximum atomic E-state index is 12.7. The maximum Gasteiger partial charge on any atom is 0.240 e. The van der Waals surface area contributed by atoms with Gasteiger partial charge in [-0.25, -0.2) is 4.98 Å². The van der Waals surface area contributed by atoms with Gasteiger partial charge in [0, 0.05) is 11.7 Å². The largest absolute Gasteiger partial charge is 0.308 e. The van der Waals surface area contributed by atoms with Crippen molar-refractivity contribution < 1.29 is 4.79 Å². The normalized spacial score (nSPS) is 18.9. The van der Waals surface area contributed by atoms with E-state index in [9.17, 15) is 4.79 Å². The Morgan fingerprint density at radius 3 is 3.05 bits per heavy atom. The number of hydrogen-bond donors (Lipinski definition) is 1. The molecule has 6 heteroatoms. The first-order chi connectivity index (χ1) is 9.66. The summed E-state index contributed by atoms with van der Waals surface area (Å²) < 4.78 is 0. The lowest BCUT2D eigenvalue weighted by molar-refractivity contribution is -0.118. The molecule has 3 rings (SSSR count). The van der Waals surface area contributed by atoms with Gasteiger partial charge in [0.25, 0.3) is 0 Å². The number of fused-ring (bicyclic) bond motifs is 1. The van der Waals surface area contributed by atoms with Gasteiger partial charge in [-0.1, -0.05) is 30.0 Å². The molecule has 0 unspecified atom stereocenters. The van der Waals surface area contributed by atoms with Crippen molar-refractivity contribution in [2.45, 2.75) is 36.7 Å². The predicted octanol–water partition coefficient (Wildman–Crippen LogP) is 2.26. The molecule has 1 N–H and O–H groups in total. The van der Waals surface area contributed by atoms with Crippen molar-refractivity contribution >= 4 is 23.4 Å². The van der Waals surface area contributed by atoms with Crippen LogP contribution in [0.5, 0.6) is 0 Å². The van der Waals surface area contributed by atoms with Gasteiger partial charge in [0.1, 0.15) is 6.33 Å². The number of H-pyrrole nitrogens is 1. The molecule has 2 atom stereocenters. The van der Waals surface area contributed by atoms with Gasteiger partial charge in [-0.2, -0.15) is 5.10 Å². The van der Waals surface area contributed by atoms with E-state index in [2.05, 4.69) is 28.2 Å². The highest BCUT2D eigenvalue weighted by molar-refractivity contribution is 8.00. The molecule has 1 amide bonds. The second kappa shape index (κ2) is 5.28. The molecule has 104 valence electrons.